The Balaban J connectivity index is 1.34. The van der Waals surface area contributed by atoms with Gasteiger partial charge in [-0.2, -0.15) is 0 Å². The number of benzene rings is 3. The quantitative estimate of drug-likeness (QED) is 0.245. The predicted octanol–water partition coefficient (Wildman–Crippen LogP) is 7.16. The van der Waals surface area contributed by atoms with Crippen molar-refractivity contribution in [3.8, 4) is 0 Å². The van der Waals surface area contributed by atoms with Gasteiger partial charge in [0.15, 0.2) is 6.61 Å². The smallest absolute Gasteiger partial charge is 0.306 e. The Kier molecular flexibility index (Phi) is 10.4. The van der Waals surface area contributed by atoms with E-state index in [1.165, 1.54) is 0 Å². The zero-order valence-corrected chi connectivity index (χ0v) is 23.1. The third-order valence-electron chi connectivity index (χ3n) is 5.33. The van der Waals surface area contributed by atoms with E-state index in [-0.39, 0.29) is 25.4 Å². The molecule has 188 valence electrons. The lowest BCUT2D eigenvalue weighted by atomic mass is 10.1. The molecule has 3 aromatic rings. The van der Waals surface area contributed by atoms with Crippen LogP contribution in [0.2, 0.25) is 5.02 Å². The van der Waals surface area contributed by atoms with Crippen LogP contribution in [-0.2, 0) is 19.1 Å². The summed E-state index contributed by atoms with van der Waals surface area (Å²) in [5, 5.41) is 6.26. The summed E-state index contributed by atoms with van der Waals surface area (Å²) in [4.78, 5) is 38.4. The minimum absolute atomic E-state index is 0.0494. The minimum atomic E-state index is -0.523. The molecule has 0 aliphatic heterocycles. The molecule has 0 bridgehead atoms. The summed E-state index contributed by atoms with van der Waals surface area (Å²) in [6, 6.07) is 18.7. The highest BCUT2D eigenvalue weighted by molar-refractivity contribution is 9.10. The van der Waals surface area contributed by atoms with Crippen LogP contribution in [0.15, 0.2) is 74.9 Å². The highest BCUT2D eigenvalue weighted by atomic mass is 79.9. The summed E-state index contributed by atoms with van der Waals surface area (Å²) < 4.78 is 5.99. The second-order valence-corrected chi connectivity index (χ2v) is 10.5. The first kappa shape index (κ1) is 27.8. The molecule has 9 heteroatoms. The lowest BCUT2D eigenvalue weighted by Gasteiger charge is -2.12. The zero-order chi connectivity index (χ0) is 26.1. The summed E-state index contributed by atoms with van der Waals surface area (Å²) in [5.41, 5.74) is 3.31. The molecule has 2 N–H and O–H groups in total. The van der Waals surface area contributed by atoms with Gasteiger partial charge < -0.3 is 15.4 Å². The van der Waals surface area contributed by atoms with Crippen LogP contribution in [0.25, 0.3) is 0 Å². The van der Waals surface area contributed by atoms with E-state index < -0.39 is 11.9 Å². The van der Waals surface area contributed by atoms with E-state index >= 15 is 0 Å². The molecule has 0 unspecified atom stereocenters. The van der Waals surface area contributed by atoms with Crippen LogP contribution < -0.4 is 10.6 Å². The van der Waals surface area contributed by atoms with Gasteiger partial charge in [0.2, 0.25) is 5.91 Å². The molecule has 0 atom stereocenters. The van der Waals surface area contributed by atoms with E-state index in [4.69, 9.17) is 16.3 Å². The van der Waals surface area contributed by atoms with Crippen LogP contribution in [0.4, 0.5) is 11.4 Å². The van der Waals surface area contributed by atoms with Crippen molar-refractivity contribution in [2.24, 2.45) is 0 Å². The highest BCUT2D eigenvalue weighted by Gasteiger charge is 2.12. The number of halogens is 2. The highest BCUT2D eigenvalue weighted by Crippen LogP contribution is 2.29. The average molecular weight is 590 g/mol. The lowest BCUT2D eigenvalue weighted by Crippen LogP contribution is -2.21. The second-order valence-electron chi connectivity index (χ2n) is 8.04. The first-order valence-electron chi connectivity index (χ1n) is 11.3. The number of amides is 2. The van der Waals surface area contributed by atoms with Crippen molar-refractivity contribution in [2.75, 3.05) is 17.2 Å². The number of nitrogens with one attached hydrogen (secondary N) is 2. The van der Waals surface area contributed by atoms with E-state index in [2.05, 4.69) is 26.6 Å². The Labute approximate surface area is 228 Å². The summed E-state index contributed by atoms with van der Waals surface area (Å²) in [6.45, 7) is 3.48. The number of esters is 1. The Bertz CT molecular complexity index is 1230. The number of hydrogen-bond donors (Lipinski definition) is 2. The first-order valence-corrected chi connectivity index (χ1v) is 13.2. The maximum Gasteiger partial charge on any atom is 0.306 e. The fourth-order valence-corrected chi connectivity index (χ4v) is 4.56. The van der Waals surface area contributed by atoms with Gasteiger partial charge in [-0.05, 0) is 92.1 Å². The third-order valence-corrected chi connectivity index (χ3v) is 7.46. The molecule has 3 aromatic carbocycles. The summed E-state index contributed by atoms with van der Waals surface area (Å²) >= 11 is 11.0. The SMILES string of the molecule is Cc1c(Br)ccc(NC(=O)COC(=O)CCCC(=O)Nc2ccc(Sc3ccc(Cl)cc3)cc2)c1C. The average Bonchev–Trinajstić information content (AvgIpc) is 2.86. The molecule has 36 heavy (non-hydrogen) atoms. The van der Waals surface area contributed by atoms with Crippen LogP contribution in [0.3, 0.4) is 0 Å². The van der Waals surface area contributed by atoms with Gasteiger partial charge in [0, 0.05) is 43.5 Å². The van der Waals surface area contributed by atoms with Crippen LogP contribution in [0.5, 0.6) is 0 Å². The van der Waals surface area contributed by atoms with Gasteiger partial charge in [0.05, 0.1) is 0 Å². The van der Waals surface area contributed by atoms with Crippen LogP contribution in [-0.4, -0.2) is 24.4 Å². The number of hydrogen-bond acceptors (Lipinski definition) is 5. The Morgan fingerprint density at radius 1 is 0.833 bits per heavy atom. The van der Waals surface area contributed by atoms with Crippen molar-refractivity contribution in [1.82, 2.24) is 0 Å². The van der Waals surface area contributed by atoms with Crippen molar-refractivity contribution in [1.29, 1.82) is 0 Å². The fourth-order valence-electron chi connectivity index (χ4n) is 3.19. The lowest BCUT2D eigenvalue weighted by molar-refractivity contribution is -0.147. The standard InChI is InChI=1S/C27H26BrClN2O4S/c1-17-18(2)24(15-14-23(17)28)31-26(33)16-35-27(34)5-3-4-25(32)30-20-8-12-22(13-9-20)36-21-10-6-19(29)7-11-21/h6-15H,3-5,16H2,1-2H3,(H,30,32)(H,31,33). The molecule has 0 heterocycles. The number of rotatable bonds is 10. The number of anilines is 2. The van der Waals surface area contributed by atoms with Gasteiger partial charge in [-0.3, -0.25) is 14.4 Å². The maximum absolute atomic E-state index is 12.2. The molecular weight excluding hydrogens is 564 g/mol. The Morgan fingerprint density at radius 2 is 1.47 bits per heavy atom. The van der Waals surface area contributed by atoms with Crippen molar-refractivity contribution < 1.29 is 19.1 Å². The molecule has 0 spiro atoms. The van der Waals surface area contributed by atoms with Crippen molar-refractivity contribution in [3.05, 3.63) is 81.3 Å². The van der Waals surface area contributed by atoms with Gasteiger partial charge in [-0.25, -0.2) is 0 Å². The van der Waals surface area contributed by atoms with Gasteiger partial charge >= 0.3 is 5.97 Å². The summed E-state index contributed by atoms with van der Waals surface area (Å²) in [5.74, 6) is -1.13. The minimum Gasteiger partial charge on any atom is -0.456 e. The van der Waals surface area contributed by atoms with Gasteiger partial charge in [-0.15, -0.1) is 0 Å². The topological polar surface area (TPSA) is 84.5 Å². The molecule has 0 aliphatic carbocycles. The molecule has 0 aromatic heterocycles. The number of ether oxygens (including phenoxy) is 1. The molecule has 2 amide bonds. The molecule has 0 radical (unpaired) electrons. The van der Waals surface area contributed by atoms with Crippen LogP contribution >= 0.6 is 39.3 Å². The predicted molar refractivity (Wildman–Crippen MR) is 148 cm³/mol. The maximum atomic E-state index is 12.2. The van der Waals surface area contributed by atoms with E-state index in [1.807, 2.05) is 68.4 Å². The largest absolute Gasteiger partial charge is 0.456 e. The monoisotopic (exact) mass is 588 g/mol. The molecule has 0 aliphatic rings. The van der Waals surface area contributed by atoms with E-state index in [9.17, 15) is 14.4 Å². The van der Waals surface area contributed by atoms with Crippen LogP contribution in [0, 0.1) is 13.8 Å². The van der Waals surface area contributed by atoms with E-state index in [0.29, 0.717) is 22.8 Å². The van der Waals surface area contributed by atoms with Crippen molar-refractivity contribution in [3.63, 3.8) is 0 Å². The van der Waals surface area contributed by atoms with Gasteiger partial charge in [0.1, 0.15) is 0 Å². The molecule has 3 rings (SSSR count). The summed E-state index contributed by atoms with van der Waals surface area (Å²) in [6.07, 6.45) is 0.537. The molecule has 0 saturated heterocycles. The van der Waals surface area contributed by atoms with Crippen molar-refractivity contribution in [2.45, 2.75) is 42.9 Å². The fraction of sp³-hybridized carbons (Fsp3) is 0.222. The van der Waals surface area contributed by atoms with E-state index in [1.54, 1.807) is 17.8 Å². The summed E-state index contributed by atoms with van der Waals surface area (Å²) in [7, 11) is 0. The third kappa shape index (κ3) is 8.69. The molecule has 0 saturated carbocycles. The van der Waals surface area contributed by atoms with Gasteiger partial charge in [-0.1, -0.05) is 39.3 Å². The molecular formula is C27H26BrClN2O4S. The molecule has 0 fully saturated rings. The first-order chi connectivity index (χ1) is 17.2. The molecule has 6 nitrogen and oxygen atoms in total. The second kappa shape index (κ2) is 13.5. The normalized spacial score (nSPS) is 10.6. The number of carbonyl (C=O) groups is 3. The van der Waals surface area contributed by atoms with E-state index in [0.717, 1.165) is 25.4 Å². The van der Waals surface area contributed by atoms with Gasteiger partial charge in [0.25, 0.3) is 5.91 Å². The van der Waals surface area contributed by atoms with Crippen molar-refractivity contribution >= 4 is 68.5 Å². The van der Waals surface area contributed by atoms with Crippen LogP contribution in [0.1, 0.15) is 30.4 Å². The Morgan fingerprint density at radius 3 is 2.14 bits per heavy atom. The zero-order valence-electron chi connectivity index (χ0n) is 19.9. The number of carbonyl (C=O) groups excluding carboxylic acids is 3. The Hall–Kier alpha value is -2.81.